The van der Waals surface area contributed by atoms with Crippen LogP contribution in [0, 0.1) is 5.82 Å². The molecule has 0 aliphatic carbocycles. The summed E-state index contributed by atoms with van der Waals surface area (Å²) in [5.74, 6) is -0.994. The van der Waals surface area contributed by atoms with Gasteiger partial charge in [-0.05, 0) is 48.5 Å². The molecule has 0 N–H and O–H groups in total. The summed E-state index contributed by atoms with van der Waals surface area (Å²) in [5, 5.41) is 3.53. The highest BCUT2D eigenvalue weighted by Crippen LogP contribution is 2.46. The molecule has 0 unspecified atom stereocenters. The lowest BCUT2D eigenvalue weighted by Crippen LogP contribution is -2.70. The molecule has 2 fully saturated rings. The Balaban J connectivity index is 1.67. The van der Waals surface area contributed by atoms with Gasteiger partial charge in [0.1, 0.15) is 5.82 Å². The van der Waals surface area contributed by atoms with Gasteiger partial charge in [0, 0.05) is 11.9 Å². The van der Waals surface area contributed by atoms with E-state index < -0.39 is 11.6 Å². The minimum absolute atomic E-state index is 0.0630. The van der Waals surface area contributed by atoms with Crippen molar-refractivity contribution in [2.24, 2.45) is 0 Å². The quantitative estimate of drug-likeness (QED) is 0.359. The molecule has 5 nitrogen and oxygen atoms in total. The first-order chi connectivity index (χ1) is 12.6. The van der Waals surface area contributed by atoms with Crippen LogP contribution in [0.25, 0.3) is 5.53 Å². The van der Waals surface area contributed by atoms with Crippen LogP contribution in [0.1, 0.15) is 30.4 Å². The van der Waals surface area contributed by atoms with E-state index in [1.54, 1.807) is 29.0 Å². The number of thiophene rings is 1. The van der Waals surface area contributed by atoms with Crippen molar-refractivity contribution >= 4 is 23.0 Å². The Labute approximate surface area is 154 Å². The minimum Gasteiger partial charge on any atom is -0.442 e. The summed E-state index contributed by atoms with van der Waals surface area (Å²) in [7, 11) is 0. The molecule has 0 bridgehead atoms. The number of hydrogen-bond acceptors (Lipinski definition) is 4. The standard InChI is InChI=1S/C19H18FN3O2S/c20-15-6-4-14(5-7-15)19(12-23-9-2-1-3-16(19)23)25-18(24)17(22-21)13-8-10-26-11-13/h4-8,10-11,16H,1-3,9,12H2/t16-,19+/m1/s1. The summed E-state index contributed by atoms with van der Waals surface area (Å²) in [6, 6.07) is 7.89. The number of carbonyl (C=O) groups is 1. The number of piperidine rings is 1. The van der Waals surface area contributed by atoms with Crippen LogP contribution in [0.2, 0.25) is 0 Å². The van der Waals surface area contributed by atoms with Crippen LogP contribution in [0.3, 0.4) is 0 Å². The zero-order valence-electron chi connectivity index (χ0n) is 14.1. The molecular weight excluding hydrogens is 353 g/mol. The fourth-order valence-electron chi connectivity index (χ4n) is 4.01. The van der Waals surface area contributed by atoms with Crippen LogP contribution in [0.4, 0.5) is 4.39 Å². The van der Waals surface area contributed by atoms with Crippen molar-refractivity contribution in [1.82, 2.24) is 4.90 Å². The number of carbonyl (C=O) groups excluding carboxylic acids is 1. The molecule has 7 heteroatoms. The molecule has 2 atom stereocenters. The Kier molecular flexibility index (Phi) is 4.44. The molecular formula is C19H18FN3O2S. The Hall–Kier alpha value is -2.34. The van der Waals surface area contributed by atoms with Gasteiger partial charge in [-0.2, -0.15) is 16.1 Å². The SMILES string of the molecule is [N-]=[N+]=C(C(=O)O[C@]1(c2ccc(F)cc2)CN2CCCC[C@@H]21)c1ccsc1. The Morgan fingerprint density at radius 1 is 1.31 bits per heavy atom. The number of rotatable bonds is 4. The molecule has 0 radical (unpaired) electrons. The molecule has 0 spiro atoms. The average molecular weight is 371 g/mol. The van der Waals surface area contributed by atoms with Crippen molar-refractivity contribution in [3.63, 3.8) is 0 Å². The van der Waals surface area contributed by atoms with Crippen molar-refractivity contribution in [1.29, 1.82) is 0 Å². The van der Waals surface area contributed by atoms with Crippen molar-refractivity contribution < 1.29 is 18.7 Å². The van der Waals surface area contributed by atoms with E-state index in [2.05, 4.69) is 9.69 Å². The van der Waals surface area contributed by atoms with Crippen molar-refractivity contribution in [2.75, 3.05) is 13.1 Å². The van der Waals surface area contributed by atoms with Crippen LogP contribution in [-0.2, 0) is 15.1 Å². The van der Waals surface area contributed by atoms with Gasteiger partial charge in [-0.25, -0.2) is 9.18 Å². The molecule has 0 amide bonds. The lowest BCUT2D eigenvalue weighted by atomic mass is 9.73. The molecule has 2 aromatic rings. The average Bonchev–Trinajstić information content (AvgIpc) is 3.15. The number of hydrogen-bond donors (Lipinski definition) is 0. The smallest absolute Gasteiger partial charge is 0.423 e. The maximum absolute atomic E-state index is 13.4. The maximum atomic E-state index is 13.4. The van der Waals surface area contributed by atoms with Gasteiger partial charge in [-0.1, -0.05) is 18.6 Å². The van der Waals surface area contributed by atoms with Crippen LogP contribution in [-0.4, -0.2) is 40.5 Å². The molecule has 1 aromatic carbocycles. The highest BCUT2D eigenvalue weighted by Gasteiger charge is 2.58. The maximum Gasteiger partial charge on any atom is 0.423 e. The Morgan fingerprint density at radius 2 is 2.12 bits per heavy atom. The number of fused-ring (bicyclic) bond motifs is 1. The molecule has 4 rings (SSSR count). The lowest BCUT2D eigenvalue weighted by molar-refractivity contribution is -0.207. The molecule has 1 aromatic heterocycles. The molecule has 26 heavy (non-hydrogen) atoms. The van der Waals surface area contributed by atoms with E-state index in [0.29, 0.717) is 12.1 Å². The monoisotopic (exact) mass is 371 g/mol. The van der Waals surface area contributed by atoms with Crippen LogP contribution in [0.15, 0.2) is 41.1 Å². The Morgan fingerprint density at radius 3 is 2.77 bits per heavy atom. The third-order valence-corrected chi connectivity index (χ3v) is 5.97. The summed E-state index contributed by atoms with van der Waals surface area (Å²) in [6.07, 6.45) is 3.10. The summed E-state index contributed by atoms with van der Waals surface area (Å²) >= 11 is 1.40. The van der Waals surface area contributed by atoms with Crippen LogP contribution < -0.4 is 0 Å². The topological polar surface area (TPSA) is 65.9 Å². The third kappa shape index (κ3) is 2.78. The zero-order valence-corrected chi connectivity index (χ0v) is 14.9. The van der Waals surface area contributed by atoms with Gasteiger partial charge in [0.05, 0.1) is 11.6 Å². The van der Waals surface area contributed by atoms with E-state index in [9.17, 15) is 14.7 Å². The van der Waals surface area contributed by atoms with E-state index in [0.717, 1.165) is 31.4 Å². The summed E-state index contributed by atoms with van der Waals surface area (Å²) in [4.78, 5) is 18.2. The molecule has 134 valence electrons. The molecule has 2 aliphatic rings. The van der Waals surface area contributed by atoms with Gasteiger partial charge in [0.2, 0.25) is 0 Å². The molecule has 2 aliphatic heterocycles. The van der Waals surface area contributed by atoms with Gasteiger partial charge in [0.25, 0.3) is 0 Å². The summed E-state index contributed by atoms with van der Waals surface area (Å²) in [6.45, 7) is 1.54. The number of esters is 1. The normalized spacial score (nSPS) is 24.9. The molecule has 0 saturated carbocycles. The molecule has 2 saturated heterocycles. The van der Waals surface area contributed by atoms with E-state index in [4.69, 9.17) is 4.74 Å². The first-order valence-electron chi connectivity index (χ1n) is 8.62. The van der Waals surface area contributed by atoms with Gasteiger partial charge >= 0.3 is 11.7 Å². The molecule has 3 heterocycles. The number of ether oxygens (including phenoxy) is 1. The fourth-order valence-corrected chi connectivity index (χ4v) is 4.65. The zero-order chi connectivity index (χ0) is 18.1. The van der Waals surface area contributed by atoms with Crippen molar-refractivity contribution in [2.45, 2.75) is 30.9 Å². The van der Waals surface area contributed by atoms with Gasteiger partial charge in [-0.15, -0.1) is 0 Å². The van der Waals surface area contributed by atoms with Crippen molar-refractivity contribution in [3.8, 4) is 0 Å². The predicted molar refractivity (Wildman–Crippen MR) is 95.4 cm³/mol. The lowest BCUT2D eigenvalue weighted by Gasteiger charge is -2.58. The first kappa shape index (κ1) is 17.1. The second-order valence-corrected chi connectivity index (χ2v) is 7.51. The van der Waals surface area contributed by atoms with Gasteiger partial charge in [-0.3, -0.25) is 4.90 Å². The van der Waals surface area contributed by atoms with E-state index in [-0.39, 0.29) is 17.6 Å². The number of nitrogens with zero attached hydrogens (tertiary/aromatic N) is 3. The fraction of sp³-hybridized carbons (Fsp3) is 0.368. The highest BCUT2D eigenvalue weighted by atomic mass is 32.1. The second kappa shape index (κ2) is 6.76. The van der Waals surface area contributed by atoms with Gasteiger partial charge < -0.3 is 10.3 Å². The predicted octanol–water partition coefficient (Wildman–Crippen LogP) is 3.21. The second-order valence-electron chi connectivity index (χ2n) is 6.73. The minimum atomic E-state index is -0.836. The largest absolute Gasteiger partial charge is 0.442 e. The van der Waals surface area contributed by atoms with Crippen molar-refractivity contribution in [3.05, 3.63) is 63.6 Å². The van der Waals surface area contributed by atoms with E-state index in [1.165, 1.54) is 23.5 Å². The van der Waals surface area contributed by atoms with Crippen LogP contribution >= 0.6 is 11.3 Å². The third-order valence-electron chi connectivity index (χ3n) is 5.29. The Bertz CT molecular complexity index is 861. The highest BCUT2D eigenvalue weighted by molar-refractivity contribution is 7.08. The summed E-state index contributed by atoms with van der Waals surface area (Å²) in [5.41, 5.74) is 9.68. The van der Waals surface area contributed by atoms with Crippen LogP contribution in [0.5, 0.6) is 0 Å². The number of halogens is 1. The van der Waals surface area contributed by atoms with Gasteiger partial charge in [0.15, 0.2) is 5.60 Å². The van der Waals surface area contributed by atoms with E-state index in [1.807, 2.05) is 0 Å². The first-order valence-corrected chi connectivity index (χ1v) is 9.56. The number of benzene rings is 1. The summed E-state index contributed by atoms with van der Waals surface area (Å²) < 4.78 is 19.3. The van der Waals surface area contributed by atoms with E-state index >= 15 is 0 Å².